The van der Waals surface area contributed by atoms with Crippen LogP contribution in [0.5, 0.6) is 11.5 Å². The Kier molecular flexibility index (Phi) is 4.87. The molecule has 3 heterocycles. The van der Waals surface area contributed by atoms with Crippen molar-refractivity contribution in [3.8, 4) is 22.8 Å². The molecule has 1 atom stereocenters. The molecule has 2 amide bonds. The molecule has 2 aliphatic heterocycles. The number of nitrogens with one attached hydrogen (secondary N) is 1. The second-order valence-corrected chi connectivity index (χ2v) is 8.55. The van der Waals surface area contributed by atoms with Crippen molar-refractivity contribution in [2.24, 2.45) is 5.92 Å². The van der Waals surface area contributed by atoms with E-state index in [2.05, 4.69) is 5.32 Å². The minimum absolute atomic E-state index is 0.0733. The van der Waals surface area contributed by atoms with Crippen molar-refractivity contribution >= 4 is 17.6 Å². The molecule has 0 spiro atoms. The van der Waals surface area contributed by atoms with Gasteiger partial charge in [0.2, 0.25) is 0 Å². The Morgan fingerprint density at radius 1 is 0.853 bits per heavy atom. The first kappa shape index (κ1) is 20.2. The summed E-state index contributed by atoms with van der Waals surface area (Å²) >= 11 is 0. The third-order valence-electron chi connectivity index (χ3n) is 6.23. The van der Waals surface area contributed by atoms with Gasteiger partial charge in [-0.05, 0) is 48.5 Å². The molecule has 4 aromatic rings. The minimum Gasteiger partial charge on any atom is -0.457 e. The maximum Gasteiger partial charge on any atom is 0.261 e. The Balaban J connectivity index is 1.14. The number of benzene rings is 3. The number of hydrogen-bond acceptors (Lipinski definition) is 5. The first-order valence-electron chi connectivity index (χ1n) is 11.3. The van der Waals surface area contributed by atoms with Crippen LogP contribution in [0.2, 0.25) is 0 Å². The lowest BCUT2D eigenvalue weighted by atomic mass is 10.1. The zero-order valence-electron chi connectivity index (χ0n) is 18.3. The highest BCUT2D eigenvalue weighted by Gasteiger charge is 2.37. The van der Waals surface area contributed by atoms with Crippen LogP contribution >= 0.6 is 0 Å². The number of anilines is 1. The number of imide groups is 1. The van der Waals surface area contributed by atoms with E-state index < -0.39 is 0 Å². The van der Waals surface area contributed by atoms with E-state index in [0.29, 0.717) is 30.8 Å². The molecular weight excluding hydrogens is 428 g/mol. The number of amides is 2. The summed E-state index contributed by atoms with van der Waals surface area (Å²) in [6.45, 7) is 1.66. The molecule has 7 nitrogen and oxygen atoms in total. The van der Waals surface area contributed by atoms with Gasteiger partial charge in [-0.2, -0.15) is 5.10 Å². The monoisotopic (exact) mass is 450 g/mol. The smallest absolute Gasteiger partial charge is 0.261 e. The topological polar surface area (TPSA) is 76.5 Å². The van der Waals surface area contributed by atoms with E-state index in [1.165, 1.54) is 4.90 Å². The van der Waals surface area contributed by atoms with Crippen molar-refractivity contribution in [1.29, 1.82) is 0 Å². The fourth-order valence-electron chi connectivity index (χ4n) is 4.50. The third kappa shape index (κ3) is 3.61. The number of fused-ring (bicyclic) bond motifs is 2. The molecule has 0 fully saturated rings. The lowest BCUT2D eigenvalue weighted by Crippen LogP contribution is -2.40. The van der Waals surface area contributed by atoms with E-state index in [-0.39, 0.29) is 17.7 Å². The lowest BCUT2D eigenvalue weighted by Gasteiger charge is -2.27. The second-order valence-electron chi connectivity index (χ2n) is 8.55. The molecular formula is C27H22N4O3. The average Bonchev–Trinajstić information content (AvgIpc) is 3.40. The van der Waals surface area contributed by atoms with Crippen LogP contribution in [-0.2, 0) is 6.54 Å². The molecule has 7 heteroatoms. The predicted molar refractivity (Wildman–Crippen MR) is 128 cm³/mol. The highest BCUT2D eigenvalue weighted by molar-refractivity contribution is 6.21. The van der Waals surface area contributed by atoms with Crippen molar-refractivity contribution in [3.05, 3.63) is 96.1 Å². The van der Waals surface area contributed by atoms with Crippen LogP contribution in [0.3, 0.4) is 0 Å². The minimum atomic E-state index is -0.217. The summed E-state index contributed by atoms with van der Waals surface area (Å²) in [5, 5.41) is 8.16. The second kappa shape index (κ2) is 8.19. The maximum atomic E-state index is 12.7. The van der Waals surface area contributed by atoms with Crippen LogP contribution in [0.4, 0.5) is 5.82 Å². The molecule has 0 radical (unpaired) electrons. The lowest BCUT2D eigenvalue weighted by molar-refractivity contribution is 0.0624. The molecule has 0 bridgehead atoms. The Labute approximate surface area is 196 Å². The summed E-state index contributed by atoms with van der Waals surface area (Å²) in [4.78, 5) is 26.8. The summed E-state index contributed by atoms with van der Waals surface area (Å²) in [6, 6.07) is 26.5. The number of ether oxygens (including phenoxy) is 1. The number of para-hydroxylation sites is 1. The van der Waals surface area contributed by atoms with E-state index in [1.807, 2.05) is 65.3 Å². The first-order valence-corrected chi connectivity index (χ1v) is 11.3. The highest BCUT2D eigenvalue weighted by Crippen LogP contribution is 2.30. The third-order valence-corrected chi connectivity index (χ3v) is 6.23. The molecule has 0 aliphatic carbocycles. The Bertz CT molecular complexity index is 1340. The molecule has 0 saturated carbocycles. The van der Waals surface area contributed by atoms with Crippen molar-refractivity contribution in [2.45, 2.75) is 6.54 Å². The average molecular weight is 450 g/mol. The van der Waals surface area contributed by atoms with Crippen LogP contribution in [0.15, 0.2) is 84.9 Å². The van der Waals surface area contributed by atoms with Gasteiger partial charge >= 0.3 is 0 Å². The maximum absolute atomic E-state index is 12.7. The van der Waals surface area contributed by atoms with E-state index in [1.54, 1.807) is 24.3 Å². The van der Waals surface area contributed by atoms with Crippen molar-refractivity contribution in [3.63, 3.8) is 0 Å². The van der Waals surface area contributed by atoms with E-state index in [0.717, 1.165) is 28.6 Å². The van der Waals surface area contributed by atoms with Gasteiger partial charge in [0.15, 0.2) is 0 Å². The van der Waals surface area contributed by atoms with Gasteiger partial charge in [-0.1, -0.05) is 30.3 Å². The van der Waals surface area contributed by atoms with E-state index in [9.17, 15) is 9.59 Å². The largest absolute Gasteiger partial charge is 0.457 e. The summed E-state index contributed by atoms with van der Waals surface area (Å²) in [6.07, 6.45) is 0. The van der Waals surface area contributed by atoms with Crippen LogP contribution in [0.25, 0.3) is 11.3 Å². The molecule has 2 aliphatic rings. The highest BCUT2D eigenvalue weighted by atomic mass is 16.5. The van der Waals surface area contributed by atoms with Gasteiger partial charge in [0.25, 0.3) is 11.8 Å². The molecule has 1 N–H and O–H groups in total. The van der Waals surface area contributed by atoms with Crippen LogP contribution in [0, 0.1) is 5.92 Å². The van der Waals surface area contributed by atoms with E-state index >= 15 is 0 Å². The van der Waals surface area contributed by atoms with Gasteiger partial charge in [-0.25, -0.2) is 4.68 Å². The molecule has 1 aromatic heterocycles. The Morgan fingerprint density at radius 3 is 2.21 bits per heavy atom. The summed E-state index contributed by atoms with van der Waals surface area (Å²) in [7, 11) is 0. The molecule has 168 valence electrons. The van der Waals surface area contributed by atoms with Crippen LogP contribution < -0.4 is 10.1 Å². The van der Waals surface area contributed by atoms with Crippen LogP contribution in [0.1, 0.15) is 20.7 Å². The SMILES string of the molecule is O=C1c2ccccc2C(=O)N1CC1CNc2cc(-c3ccc(Oc4ccccc4)cc3)nn2C1. The zero-order valence-corrected chi connectivity index (χ0v) is 18.3. The van der Waals surface area contributed by atoms with Gasteiger partial charge in [-0.3, -0.25) is 14.5 Å². The molecule has 34 heavy (non-hydrogen) atoms. The van der Waals surface area contributed by atoms with Gasteiger partial charge in [-0.15, -0.1) is 0 Å². The van der Waals surface area contributed by atoms with Crippen molar-refractivity contribution < 1.29 is 14.3 Å². The predicted octanol–water partition coefficient (Wildman–Crippen LogP) is 4.68. The van der Waals surface area contributed by atoms with Crippen molar-refractivity contribution in [1.82, 2.24) is 14.7 Å². The Morgan fingerprint density at radius 2 is 1.50 bits per heavy atom. The molecule has 0 saturated heterocycles. The summed E-state index contributed by atoms with van der Waals surface area (Å²) < 4.78 is 7.78. The van der Waals surface area contributed by atoms with Gasteiger partial charge < -0.3 is 10.1 Å². The molecule has 6 rings (SSSR count). The normalized spacial score (nSPS) is 16.7. The Hall–Kier alpha value is -4.39. The van der Waals surface area contributed by atoms with E-state index in [4.69, 9.17) is 9.84 Å². The van der Waals surface area contributed by atoms with Gasteiger partial charge in [0.1, 0.15) is 17.3 Å². The quantitative estimate of drug-likeness (QED) is 0.447. The fraction of sp³-hybridized carbons (Fsp3) is 0.148. The number of rotatable bonds is 5. The standard InChI is InChI=1S/C27H22N4O3/c32-26-22-8-4-5-9-23(22)27(33)30(26)16-18-15-28-25-14-24(29-31(25)17-18)19-10-12-21(13-11-19)34-20-6-2-1-3-7-20/h1-14,18,28H,15-17H2. The zero-order chi connectivity index (χ0) is 23.1. The number of hydrogen-bond donors (Lipinski definition) is 1. The summed E-state index contributed by atoms with van der Waals surface area (Å²) in [5.74, 6) is 2.12. The number of carbonyl (C=O) groups excluding carboxylic acids is 2. The van der Waals surface area contributed by atoms with Gasteiger partial charge in [0.05, 0.1) is 16.8 Å². The number of carbonyl (C=O) groups is 2. The first-order chi connectivity index (χ1) is 16.7. The fourth-order valence-corrected chi connectivity index (χ4v) is 4.50. The van der Waals surface area contributed by atoms with Crippen LogP contribution in [-0.4, -0.2) is 39.6 Å². The number of nitrogens with zero attached hydrogens (tertiary/aromatic N) is 3. The molecule has 1 unspecified atom stereocenters. The van der Waals surface area contributed by atoms with Gasteiger partial charge in [0, 0.05) is 37.2 Å². The summed E-state index contributed by atoms with van der Waals surface area (Å²) in [5.41, 5.74) is 2.81. The number of aromatic nitrogens is 2. The molecule has 3 aromatic carbocycles. The van der Waals surface area contributed by atoms with Crippen molar-refractivity contribution in [2.75, 3.05) is 18.4 Å².